The lowest BCUT2D eigenvalue weighted by molar-refractivity contribution is 0.167. The van der Waals surface area contributed by atoms with Gasteiger partial charge >= 0.3 is 0 Å². The molecule has 0 N–H and O–H groups in total. The standard InChI is InChI=1S/C10H17FN2/c1-9(5-6-12)13-7-3-2-4-10(11)8-13/h9-10H,2-5,7-8H2,1H3. The largest absolute Gasteiger partial charge is 0.297 e. The minimum atomic E-state index is -0.691. The van der Waals surface area contributed by atoms with E-state index in [1.807, 2.05) is 6.92 Å². The zero-order chi connectivity index (χ0) is 9.68. The zero-order valence-corrected chi connectivity index (χ0v) is 8.17. The van der Waals surface area contributed by atoms with Crippen LogP contribution < -0.4 is 0 Å². The van der Waals surface area contributed by atoms with Crippen LogP contribution in [0.1, 0.15) is 32.6 Å². The van der Waals surface area contributed by atoms with Crippen molar-refractivity contribution in [3.63, 3.8) is 0 Å². The zero-order valence-electron chi connectivity index (χ0n) is 8.17. The van der Waals surface area contributed by atoms with Crippen molar-refractivity contribution < 1.29 is 4.39 Å². The summed E-state index contributed by atoms with van der Waals surface area (Å²) in [6, 6.07) is 2.35. The van der Waals surface area contributed by atoms with Crippen molar-refractivity contribution in [2.24, 2.45) is 0 Å². The van der Waals surface area contributed by atoms with Gasteiger partial charge in [-0.3, -0.25) is 4.90 Å². The van der Waals surface area contributed by atoms with Crippen LogP contribution >= 0.6 is 0 Å². The molecule has 0 aromatic rings. The van der Waals surface area contributed by atoms with Crippen LogP contribution in [0.15, 0.2) is 0 Å². The molecule has 13 heavy (non-hydrogen) atoms. The van der Waals surface area contributed by atoms with E-state index >= 15 is 0 Å². The predicted molar refractivity (Wildman–Crippen MR) is 50.0 cm³/mol. The van der Waals surface area contributed by atoms with Crippen LogP contribution in [0.4, 0.5) is 4.39 Å². The number of hydrogen-bond donors (Lipinski definition) is 0. The lowest BCUT2D eigenvalue weighted by atomic mass is 10.2. The average Bonchev–Trinajstić information content (AvgIpc) is 2.30. The maximum absolute atomic E-state index is 13.2. The van der Waals surface area contributed by atoms with Crippen LogP contribution in [-0.4, -0.2) is 30.2 Å². The summed E-state index contributed by atoms with van der Waals surface area (Å²) in [6.07, 6.45) is 2.55. The molecule has 0 saturated carbocycles. The molecule has 2 atom stereocenters. The Morgan fingerprint density at radius 1 is 1.62 bits per heavy atom. The smallest absolute Gasteiger partial charge is 0.113 e. The first-order chi connectivity index (χ1) is 6.24. The Bertz CT molecular complexity index is 188. The van der Waals surface area contributed by atoms with Gasteiger partial charge in [0.25, 0.3) is 0 Å². The third-order valence-electron chi connectivity index (χ3n) is 2.66. The van der Waals surface area contributed by atoms with Gasteiger partial charge in [-0.25, -0.2) is 4.39 Å². The first kappa shape index (κ1) is 10.5. The lowest BCUT2D eigenvalue weighted by Gasteiger charge is -2.26. The van der Waals surface area contributed by atoms with E-state index < -0.39 is 6.17 Å². The summed E-state index contributed by atoms with van der Waals surface area (Å²) in [6.45, 7) is 3.47. The van der Waals surface area contributed by atoms with Crippen LogP contribution in [0, 0.1) is 11.3 Å². The Morgan fingerprint density at radius 2 is 2.38 bits per heavy atom. The fraction of sp³-hybridized carbons (Fsp3) is 0.900. The molecule has 0 aliphatic carbocycles. The average molecular weight is 184 g/mol. The highest BCUT2D eigenvalue weighted by molar-refractivity contribution is 4.82. The van der Waals surface area contributed by atoms with Gasteiger partial charge < -0.3 is 0 Å². The van der Waals surface area contributed by atoms with E-state index in [0.29, 0.717) is 19.4 Å². The fourth-order valence-electron chi connectivity index (χ4n) is 1.78. The second-order valence-corrected chi connectivity index (χ2v) is 3.80. The molecule has 0 bridgehead atoms. The second kappa shape index (κ2) is 5.18. The monoisotopic (exact) mass is 184 g/mol. The normalized spacial score (nSPS) is 27.6. The van der Waals surface area contributed by atoms with Gasteiger partial charge in [-0.15, -0.1) is 0 Å². The van der Waals surface area contributed by atoms with E-state index in [0.717, 1.165) is 19.4 Å². The second-order valence-electron chi connectivity index (χ2n) is 3.80. The van der Waals surface area contributed by atoms with Crippen molar-refractivity contribution in [2.75, 3.05) is 13.1 Å². The molecule has 0 radical (unpaired) electrons. The maximum atomic E-state index is 13.2. The van der Waals surface area contributed by atoms with Crippen molar-refractivity contribution in [1.29, 1.82) is 5.26 Å². The SMILES string of the molecule is CC(CC#N)N1CCCCC(F)C1. The number of halogens is 1. The summed E-state index contributed by atoms with van der Waals surface area (Å²) in [5.74, 6) is 0. The molecule has 0 aromatic carbocycles. The van der Waals surface area contributed by atoms with Crippen LogP contribution in [0.3, 0.4) is 0 Å². The van der Waals surface area contributed by atoms with Gasteiger partial charge in [0.05, 0.1) is 12.5 Å². The van der Waals surface area contributed by atoms with Crippen LogP contribution in [0.25, 0.3) is 0 Å². The number of alkyl halides is 1. The molecule has 2 unspecified atom stereocenters. The minimum absolute atomic E-state index is 0.210. The molecule has 74 valence electrons. The van der Waals surface area contributed by atoms with E-state index in [1.165, 1.54) is 0 Å². The lowest BCUT2D eigenvalue weighted by Crippen LogP contribution is -2.36. The number of hydrogen-bond acceptors (Lipinski definition) is 2. The highest BCUT2D eigenvalue weighted by Crippen LogP contribution is 2.16. The molecule has 1 saturated heterocycles. The molecule has 1 aliphatic heterocycles. The van der Waals surface area contributed by atoms with Crippen LogP contribution in [-0.2, 0) is 0 Å². The quantitative estimate of drug-likeness (QED) is 0.657. The molecule has 0 aromatic heterocycles. The number of nitriles is 1. The fourth-order valence-corrected chi connectivity index (χ4v) is 1.78. The molecule has 0 spiro atoms. The van der Waals surface area contributed by atoms with E-state index in [9.17, 15) is 4.39 Å². The van der Waals surface area contributed by atoms with Gasteiger partial charge in [0.1, 0.15) is 6.17 Å². The molecule has 2 nitrogen and oxygen atoms in total. The third-order valence-corrected chi connectivity index (χ3v) is 2.66. The van der Waals surface area contributed by atoms with Crippen molar-refractivity contribution >= 4 is 0 Å². The topological polar surface area (TPSA) is 27.0 Å². The van der Waals surface area contributed by atoms with Gasteiger partial charge in [0, 0.05) is 12.6 Å². The van der Waals surface area contributed by atoms with Crippen molar-refractivity contribution in [3.05, 3.63) is 0 Å². The van der Waals surface area contributed by atoms with Crippen molar-refractivity contribution in [2.45, 2.75) is 44.8 Å². The first-order valence-corrected chi connectivity index (χ1v) is 4.99. The summed E-state index contributed by atoms with van der Waals surface area (Å²) in [5.41, 5.74) is 0. The molecular formula is C10H17FN2. The van der Waals surface area contributed by atoms with Gasteiger partial charge in [-0.2, -0.15) is 5.26 Å². The van der Waals surface area contributed by atoms with Gasteiger partial charge in [-0.05, 0) is 32.7 Å². The minimum Gasteiger partial charge on any atom is -0.297 e. The Balaban J connectivity index is 2.43. The van der Waals surface area contributed by atoms with Gasteiger partial charge in [-0.1, -0.05) is 0 Å². The van der Waals surface area contributed by atoms with Crippen LogP contribution in [0.2, 0.25) is 0 Å². The number of likely N-dealkylation sites (tertiary alicyclic amines) is 1. The number of nitrogens with zero attached hydrogens (tertiary/aromatic N) is 2. The molecule has 3 heteroatoms. The molecule has 1 heterocycles. The molecule has 0 amide bonds. The summed E-state index contributed by atoms with van der Waals surface area (Å²) in [5, 5.41) is 8.53. The Labute approximate surface area is 79.3 Å². The Kier molecular flexibility index (Phi) is 4.17. The summed E-state index contributed by atoms with van der Waals surface area (Å²) >= 11 is 0. The third kappa shape index (κ3) is 3.31. The summed E-state index contributed by atoms with van der Waals surface area (Å²) in [7, 11) is 0. The van der Waals surface area contributed by atoms with Crippen molar-refractivity contribution in [3.8, 4) is 6.07 Å². The van der Waals surface area contributed by atoms with E-state index in [-0.39, 0.29) is 6.04 Å². The maximum Gasteiger partial charge on any atom is 0.113 e. The molecule has 1 aliphatic rings. The summed E-state index contributed by atoms with van der Waals surface area (Å²) in [4.78, 5) is 2.10. The molecule has 1 rings (SSSR count). The van der Waals surface area contributed by atoms with Gasteiger partial charge in [0.2, 0.25) is 0 Å². The van der Waals surface area contributed by atoms with E-state index in [4.69, 9.17) is 5.26 Å². The Morgan fingerprint density at radius 3 is 3.08 bits per heavy atom. The number of rotatable bonds is 2. The van der Waals surface area contributed by atoms with Gasteiger partial charge in [0.15, 0.2) is 0 Å². The Hall–Kier alpha value is -0.620. The molecule has 1 fully saturated rings. The van der Waals surface area contributed by atoms with Crippen LogP contribution in [0.5, 0.6) is 0 Å². The van der Waals surface area contributed by atoms with Crippen molar-refractivity contribution in [1.82, 2.24) is 4.90 Å². The predicted octanol–water partition coefficient (Wildman–Crippen LogP) is 2.11. The highest BCUT2D eigenvalue weighted by atomic mass is 19.1. The van der Waals surface area contributed by atoms with E-state index in [1.54, 1.807) is 0 Å². The first-order valence-electron chi connectivity index (χ1n) is 4.99. The molecular weight excluding hydrogens is 167 g/mol. The highest BCUT2D eigenvalue weighted by Gasteiger charge is 2.20. The summed E-state index contributed by atoms with van der Waals surface area (Å²) < 4.78 is 13.2. The van der Waals surface area contributed by atoms with E-state index in [2.05, 4.69) is 11.0 Å².